The Hall–Kier alpha value is -7.56. The van der Waals surface area contributed by atoms with Crippen molar-refractivity contribution in [3.8, 4) is 56.4 Å². The van der Waals surface area contributed by atoms with E-state index in [4.69, 9.17) is 9.97 Å². The highest BCUT2D eigenvalue weighted by molar-refractivity contribution is 6.12. The first-order valence-corrected chi connectivity index (χ1v) is 20.7. The zero-order valence-electron chi connectivity index (χ0n) is 34.1. The van der Waals surface area contributed by atoms with Gasteiger partial charge in [0.15, 0.2) is 5.82 Å². The Labute approximate surface area is 349 Å². The number of fused-ring (bicyclic) bond motifs is 6. The number of benzene rings is 8. The lowest BCUT2D eigenvalue weighted by Crippen LogP contribution is -1.98. The fraction of sp³-hybridized carbons (Fsp3) is 0.0714. The van der Waals surface area contributed by atoms with Crippen LogP contribution in [-0.2, 0) is 0 Å². The van der Waals surface area contributed by atoms with Gasteiger partial charge in [-0.2, -0.15) is 0 Å². The number of aryl methyl sites for hydroxylation is 4. The van der Waals surface area contributed by atoms with E-state index in [0.29, 0.717) is 0 Å². The van der Waals surface area contributed by atoms with E-state index < -0.39 is 0 Å². The zero-order chi connectivity index (χ0) is 40.5. The van der Waals surface area contributed by atoms with E-state index >= 15 is 0 Å². The second-order valence-corrected chi connectivity index (χ2v) is 16.1. The Morgan fingerprint density at radius 1 is 0.333 bits per heavy atom. The fourth-order valence-electron chi connectivity index (χ4n) is 9.06. The molecule has 8 aromatic carbocycles. The van der Waals surface area contributed by atoms with Crippen LogP contribution >= 0.6 is 0 Å². The molecule has 0 bridgehead atoms. The van der Waals surface area contributed by atoms with Crippen molar-refractivity contribution in [3.05, 3.63) is 204 Å². The Morgan fingerprint density at radius 3 is 1.40 bits per heavy atom. The fourth-order valence-corrected chi connectivity index (χ4v) is 9.06. The molecule has 11 rings (SSSR count). The highest BCUT2D eigenvalue weighted by atomic mass is 15.0. The molecule has 4 nitrogen and oxygen atoms in total. The van der Waals surface area contributed by atoms with E-state index in [1.165, 1.54) is 77.0 Å². The maximum Gasteiger partial charge on any atom is 0.160 e. The quantitative estimate of drug-likeness (QED) is 0.169. The SMILES string of the molecule is Cc1ccc(-c2cc(-c3cc(C)c(-c4ccc(-n5c6ccccc6c6cc(-n7c8ccccc8c8ccccc87)ccc65)cc4)cc3C)nc(-c3ccc(C)cc3)n2)cc1. The number of hydrogen-bond donors (Lipinski definition) is 0. The predicted molar refractivity (Wildman–Crippen MR) is 251 cm³/mol. The molecular weight excluding hydrogens is 729 g/mol. The van der Waals surface area contributed by atoms with Crippen molar-refractivity contribution in [2.24, 2.45) is 0 Å². The Bertz CT molecular complexity index is 3320. The van der Waals surface area contributed by atoms with Crippen molar-refractivity contribution < 1.29 is 0 Å². The number of para-hydroxylation sites is 3. The van der Waals surface area contributed by atoms with Crippen LogP contribution in [0.2, 0.25) is 0 Å². The second kappa shape index (κ2) is 14.1. The molecule has 3 heterocycles. The van der Waals surface area contributed by atoms with Gasteiger partial charge in [-0.3, -0.25) is 0 Å². The van der Waals surface area contributed by atoms with E-state index in [-0.39, 0.29) is 0 Å². The molecule has 3 aromatic heterocycles. The number of nitrogens with zero attached hydrogens (tertiary/aromatic N) is 4. The molecule has 0 N–H and O–H groups in total. The average molecular weight is 771 g/mol. The molecule has 0 atom stereocenters. The van der Waals surface area contributed by atoms with Crippen molar-refractivity contribution in [1.29, 1.82) is 0 Å². The van der Waals surface area contributed by atoms with Gasteiger partial charge in [0.25, 0.3) is 0 Å². The van der Waals surface area contributed by atoms with Crippen LogP contribution in [0.15, 0.2) is 182 Å². The van der Waals surface area contributed by atoms with Gasteiger partial charge in [0.1, 0.15) is 0 Å². The Morgan fingerprint density at radius 2 is 0.783 bits per heavy atom. The summed E-state index contributed by atoms with van der Waals surface area (Å²) in [5.41, 5.74) is 19.3. The van der Waals surface area contributed by atoms with Gasteiger partial charge in [-0.1, -0.05) is 132 Å². The smallest absolute Gasteiger partial charge is 0.160 e. The highest BCUT2D eigenvalue weighted by Gasteiger charge is 2.18. The van der Waals surface area contributed by atoms with Gasteiger partial charge in [0, 0.05) is 49.6 Å². The molecule has 0 amide bonds. The van der Waals surface area contributed by atoms with Gasteiger partial charge in [-0.15, -0.1) is 0 Å². The number of rotatable bonds is 6. The summed E-state index contributed by atoms with van der Waals surface area (Å²) in [7, 11) is 0. The summed E-state index contributed by atoms with van der Waals surface area (Å²) in [5.74, 6) is 0.729. The van der Waals surface area contributed by atoms with Crippen LogP contribution in [0.3, 0.4) is 0 Å². The van der Waals surface area contributed by atoms with Crippen LogP contribution in [0.5, 0.6) is 0 Å². The van der Waals surface area contributed by atoms with Gasteiger partial charge in [0.05, 0.1) is 33.5 Å². The van der Waals surface area contributed by atoms with Crippen molar-refractivity contribution in [2.75, 3.05) is 0 Å². The lowest BCUT2D eigenvalue weighted by atomic mass is 9.93. The summed E-state index contributed by atoms with van der Waals surface area (Å²) in [6.07, 6.45) is 0. The third kappa shape index (κ3) is 5.91. The van der Waals surface area contributed by atoms with Crippen LogP contribution in [0, 0.1) is 27.7 Å². The van der Waals surface area contributed by atoms with Gasteiger partial charge < -0.3 is 9.13 Å². The second-order valence-electron chi connectivity index (χ2n) is 16.1. The average Bonchev–Trinajstić information content (AvgIpc) is 3.80. The molecule has 0 aliphatic heterocycles. The first-order chi connectivity index (χ1) is 29.4. The third-order valence-corrected chi connectivity index (χ3v) is 12.2. The molecule has 0 spiro atoms. The summed E-state index contributed by atoms with van der Waals surface area (Å²) in [6, 6.07) is 65.9. The minimum atomic E-state index is 0.729. The van der Waals surface area contributed by atoms with E-state index in [0.717, 1.165) is 45.3 Å². The summed E-state index contributed by atoms with van der Waals surface area (Å²) < 4.78 is 4.80. The summed E-state index contributed by atoms with van der Waals surface area (Å²) in [6.45, 7) is 8.61. The predicted octanol–water partition coefficient (Wildman–Crippen LogP) is 14.6. The van der Waals surface area contributed by atoms with Gasteiger partial charge in [0.2, 0.25) is 0 Å². The van der Waals surface area contributed by atoms with Gasteiger partial charge >= 0.3 is 0 Å². The molecule has 11 aromatic rings. The summed E-state index contributed by atoms with van der Waals surface area (Å²) in [5, 5.41) is 5.01. The lowest BCUT2D eigenvalue weighted by Gasteiger charge is -2.15. The van der Waals surface area contributed by atoms with E-state index in [9.17, 15) is 0 Å². The van der Waals surface area contributed by atoms with Crippen LogP contribution in [0.1, 0.15) is 22.3 Å². The first-order valence-electron chi connectivity index (χ1n) is 20.7. The molecule has 286 valence electrons. The van der Waals surface area contributed by atoms with Crippen LogP contribution < -0.4 is 0 Å². The molecule has 0 aliphatic rings. The molecule has 60 heavy (non-hydrogen) atoms. The van der Waals surface area contributed by atoms with Crippen molar-refractivity contribution in [2.45, 2.75) is 27.7 Å². The maximum absolute atomic E-state index is 5.17. The standard InChI is InChI=1S/C56H42N4/c1-35-17-21-40(22-18-35)50-34-51(58-56(57-50)41-23-19-36(2)20-24-41)48-32-37(3)47(31-38(48)4)39-25-27-42(28-26-39)59-54-16-10-7-13-46(54)49-33-43(29-30-55(49)59)60-52-14-8-5-11-44(52)45-12-6-9-15-53(45)60/h5-34H,1-4H3. The maximum atomic E-state index is 5.17. The third-order valence-electron chi connectivity index (χ3n) is 12.2. The topological polar surface area (TPSA) is 35.6 Å². The van der Waals surface area contributed by atoms with E-state index in [1.54, 1.807) is 0 Å². The molecule has 0 unspecified atom stereocenters. The van der Waals surface area contributed by atoms with Crippen molar-refractivity contribution >= 4 is 43.6 Å². The molecule has 0 radical (unpaired) electrons. The molecule has 0 fully saturated rings. The van der Waals surface area contributed by atoms with Crippen LogP contribution in [-0.4, -0.2) is 19.1 Å². The Kier molecular flexibility index (Phi) is 8.35. The molecule has 0 saturated carbocycles. The Balaban J connectivity index is 0.977. The van der Waals surface area contributed by atoms with Crippen LogP contribution in [0.4, 0.5) is 0 Å². The number of hydrogen-bond acceptors (Lipinski definition) is 2. The highest BCUT2D eigenvalue weighted by Crippen LogP contribution is 2.38. The first kappa shape index (κ1) is 35.6. The van der Waals surface area contributed by atoms with Gasteiger partial charge in [-0.05, 0) is 111 Å². The molecule has 4 heteroatoms. The summed E-state index contributed by atoms with van der Waals surface area (Å²) >= 11 is 0. The monoisotopic (exact) mass is 770 g/mol. The molecule has 0 saturated heterocycles. The lowest BCUT2D eigenvalue weighted by molar-refractivity contribution is 1.16. The van der Waals surface area contributed by atoms with E-state index in [1.807, 2.05) is 0 Å². The molecule has 0 aliphatic carbocycles. The normalized spacial score (nSPS) is 11.7. The largest absolute Gasteiger partial charge is 0.309 e. The number of aromatic nitrogens is 4. The molecular formula is C56H42N4. The van der Waals surface area contributed by atoms with Gasteiger partial charge in [-0.25, -0.2) is 9.97 Å². The zero-order valence-corrected chi connectivity index (χ0v) is 34.1. The van der Waals surface area contributed by atoms with E-state index in [2.05, 4.69) is 219 Å². The minimum Gasteiger partial charge on any atom is -0.309 e. The minimum absolute atomic E-state index is 0.729. The van der Waals surface area contributed by atoms with Crippen molar-refractivity contribution in [1.82, 2.24) is 19.1 Å². The summed E-state index contributed by atoms with van der Waals surface area (Å²) in [4.78, 5) is 10.2. The van der Waals surface area contributed by atoms with Crippen LogP contribution in [0.25, 0.3) is 100 Å². The van der Waals surface area contributed by atoms with Crippen molar-refractivity contribution in [3.63, 3.8) is 0 Å².